The number of aromatic nitrogens is 2. The van der Waals surface area contributed by atoms with Gasteiger partial charge >= 0.3 is 48.1 Å². The summed E-state index contributed by atoms with van der Waals surface area (Å²) in [4.78, 5) is 111. The zero-order valence-electron chi connectivity index (χ0n) is 48.2. The number of hydrogen-bond acceptors (Lipinski definition) is 23. The highest BCUT2D eigenvalue weighted by Gasteiger charge is 2.58. The molecule has 2 aliphatic rings. The average molecular weight is 1180 g/mol. The van der Waals surface area contributed by atoms with Crippen LogP contribution in [0.4, 0.5) is 14.4 Å². The Kier molecular flexibility index (Phi) is 23.3. The van der Waals surface area contributed by atoms with Crippen LogP contribution < -0.4 is 11.1 Å². The van der Waals surface area contributed by atoms with E-state index in [9.17, 15) is 38.4 Å². The van der Waals surface area contributed by atoms with Crippen molar-refractivity contribution in [2.24, 2.45) is 5.73 Å². The summed E-state index contributed by atoms with van der Waals surface area (Å²) in [5.41, 5.74) is 5.04. The van der Waals surface area contributed by atoms with Crippen molar-refractivity contribution >= 4 is 48.1 Å². The van der Waals surface area contributed by atoms with Crippen LogP contribution in [0.3, 0.4) is 0 Å². The Morgan fingerprint density at radius 2 is 1.06 bits per heavy atom. The minimum absolute atomic E-state index is 0.131. The van der Waals surface area contributed by atoms with Gasteiger partial charge in [0, 0.05) is 33.9 Å². The van der Waals surface area contributed by atoms with Crippen LogP contribution in [0.2, 0.25) is 0 Å². The number of nitrogens with zero attached hydrogens (tertiary/aromatic N) is 2. The summed E-state index contributed by atoms with van der Waals surface area (Å²) in [6.07, 6.45) is -20.4. The lowest BCUT2D eigenvalue weighted by Crippen LogP contribution is -2.67. The molecule has 4 aromatic rings. The molecule has 0 bridgehead atoms. The van der Waals surface area contributed by atoms with Gasteiger partial charge in [-0.2, -0.15) is 0 Å². The predicted molar refractivity (Wildman–Crippen MR) is 288 cm³/mol. The van der Waals surface area contributed by atoms with Crippen molar-refractivity contribution in [2.75, 3.05) is 13.2 Å². The van der Waals surface area contributed by atoms with Crippen molar-refractivity contribution < 1.29 is 105 Å². The summed E-state index contributed by atoms with van der Waals surface area (Å²) >= 11 is 0. The maximum Gasteiger partial charge on any atom is 0.419 e. The number of rotatable bonds is 23. The van der Waals surface area contributed by atoms with Crippen molar-refractivity contribution in [2.45, 2.75) is 174 Å². The van der Waals surface area contributed by atoms with Crippen LogP contribution in [0.5, 0.6) is 0 Å². The van der Waals surface area contributed by atoms with Crippen LogP contribution in [-0.2, 0) is 110 Å². The summed E-state index contributed by atoms with van der Waals surface area (Å²) in [5.74, 6) is -4.63. The van der Waals surface area contributed by atoms with Gasteiger partial charge in [0.15, 0.2) is 36.9 Å². The molecule has 12 atom stereocenters. The first-order chi connectivity index (χ1) is 39.7. The molecule has 0 radical (unpaired) electrons. The summed E-state index contributed by atoms with van der Waals surface area (Å²) in [6, 6.07) is 24.3. The Bertz CT molecular complexity index is 2840. The molecule has 84 heavy (non-hydrogen) atoms. The maximum absolute atomic E-state index is 14.9. The molecule has 2 amide bonds. The number of hydrogen-bond donors (Lipinski definition) is 2. The van der Waals surface area contributed by atoms with Gasteiger partial charge < -0.3 is 77.4 Å². The number of nitrogens with two attached hydrogens (primary N) is 1. The summed E-state index contributed by atoms with van der Waals surface area (Å²) in [5, 5.41) is 2.56. The van der Waals surface area contributed by atoms with Crippen LogP contribution in [-0.4, -0.2) is 150 Å². The fourth-order valence-electron chi connectivity index (χ4n) is 8.66. The van der Waals surface area contributed by atoms with E-state index < -0.39 is 146 Å². The molecule has 0 saturated carbocycles. The van der Waals surface area contributed by atoms with Crippen LogP contribution in [0, 0.1) is 0 Å². The van der Waals surface area contributed by atoms with Crippen LogP contribution >= 0.6 is 0 Å². The SMILES string of the molecule is CC(=O)OC[C@@H]1O[C@@H](O[C@@H](c2cn(C(=O)OC(C)(C)C)cn2)[C@H](NC(=O)OC(C)(C)C)C(=O)OCc2ccccc2)[C@@H](O[C@H]2O[C@H](COC(C)=O)[C@@H](OC(C)=O)[C@H](OC(N)=O)[C@@H]2OC(C)=O)[C@@H](OCc2ccccc2)[C@@H]1OCc1ccccc1. The molecular formula is C58H72N4O22. The van der Waals surface area contributed by atoms with Crippen LogP contribution in [0.25, 0.3) is 0 Å². The number of benzene rings is 3. The fraction of sp³-hybridized carbons (Fsp3) is 0.500. The molecule has 0 unspecified atom stereocenters. The Morgan fingerprint density at radius 1 is 0.571 bits per heavy atom. The van der Waals surface area contributed by atoms with Gasteiger partial charge in [0.25, 0.3) is 0 Å². The lowest BCUT2D eigenvalue weighted by Gasteiger charge is -2.49. The van der Waals surface area contributed by atoms with E-state index in [1.807, 2.05) is 0 Å². The molecule has 1 aromatic heterocycles. The molecule has 3 aromatic carbocycles. The second-order valence-electron chi connectivity index (χ2n) is 21.3. The van der Waals surface area contributed by atoms with E-state index in [0.717, 1.165) is 38.6 Å². The zero-order chi connectivity index (χ0) is 61.3. The Balaban J connectivity index is 1.61. The maximum atomic E-state index is 14.9. The summed E-state index contributed by atoms with van der Waals surface area (Å²) in [7, 11) is 0. The number of esters is 5. The third-order valence-corrected chi connectivity index (χ3v) is 12.0. The molecule has 3 heterocycles. The lowest BCUT2D eigenvalue weighted by atomic mass is 9.96. The van der Waals surface area contributed by atoms with Crippen molar-refractivity contribution in [1.82, 2.24) is 14.9 Å². The quantitative estimate of drug-likeness (QED) is 0.0652. The topological polar surface area (TPSA) is 322 Å². The van der Waals surface area contributed by atoms with Crippen molar-refractivity contribution in [1.29, 1.82) is 0 Å². The van der Waals surface area contributed by atoms with Gasteiger partial charge in [-0.25, -0.2) is 28.7 Å². The van der Waals surface area contributed by atoms with E-state index in [-0.39, 0.29) is 25.5 Å². The molecule has 2 aliphatic heterocycles. The highest BCUT2D eigenvalue weighted by atomic mass is 16.8. The molecule has 456 valence electrons. The molecular weight excluding hydrogens is 1100 g/mol. The van der Waals surface area contributed by atoms with E-state index in [0.29, 0.717) is 16.7 Å². The van der Waals surface area contributed by atoms with Gasteiger partial charge in [-0.15, -0.1) is 0 Å². The van der Waals surface area contributed by atoms with Crippen molar-refractivity contribution in [3.63, 3.8) is 0 Å². The first kappa shape index (κ1) is 65.1. The second kappa shape index (κ2) is 30.0. The van der Waals surface area contributed by atoms with Gasteiger partial charge in [0.05, 0.1) is 18.9 Å². The summed E-state index contributed by atoms with van der Waals surface area (Å²) in [6.45, 7) is 12.0. The molecule has 6 rings (SSSR count). The molecule has 26 heteroatoms. The molecule has 0 spiro atoms. The predicted octanol–water partition coefficient (Wildman–Crippen LogP) is 5.82. The van der Waals surface area contributed by atoms with Gasteiger partial charge in [0.2, 0.25) is 0 Å². The Hall–Kier alpha value is -8.01. The van der Waals surface area contributed by atoms with E-state index in [1.54, 1.807) is 133 Å². The zero-order valence-corrected chi connectivity index (χ0v) is 48.2. The minimum atomic E-state index is -2.01. The smallest absolute Gasteiger partial charge is 0.419 e. The van der Waals surface area contributed by atoms with Gasteiger partial charge in [-0.05, 0) is 58.2 Å². The molecule has 3 N–H and O–H groups in total. The third kappa shape index (κ3) is 20.1. The molecule has 2 fully saturated rings. The number of ether oxygens (including phenoxy) is 14. The number of carbonyl (C=O) groups excluding carboxylic acids is 8. The normalized spacial score (nSPS) is 23.1. The summed E-state index contributed by atoms with van der Waals surface area (Å²) < 4.78 is 86.7. The number of imidazole rings is 1. The Morgan fingerprint density at radius 3 is 1.56 bits per heavy atom. The van der Waals surface area contributed by atoms with Gasteiger partial charge in [-0.1, -0.05) is 91.0 Å². The number of carbonyl (C=O) groups is 8. The lowest BCUT2D eigenvalue weighted by molar-refractivity contribution is -0.379. The Labute approximate surface area is 485 Å². The van der Waals surface area contributed by atoms with E-state index >= 15 is 0 Å². The molecule has 0 aliphatic carbocycles. The number of alkyl carbamates (subject to hydrolysis) is 1. The van der Waals surface area contributed by atoms with E-state index in [4.69, 9.17) is 72.0 Å². The first-order valence-electron chi connectivity index (χ1n) is 26.7. The monoisotopic (exact) mass is 1180 g/mol. The number of amides is 2. The van der Waals surface area contributed by atoms with Crippen LogP contribution in [0.15, 0.2) is 104 Å². The first-order valence-corrected chi connectivity index (χ1v) is 26.7. The van der Waals surface area contributed by atoms with E-state index in [1.165, 1.54) is 6.20 Å². The van der Waals surface area contributed by atoms with Gasteiger partial charge in [-0.3, -0.25) is 19.2 Å². The van der Waals surface area contributed by atoms with Crippen molar-refractivity contribution in [3.05, 3.63) is 126 Å². The van der Waals surface area contributed by atoms with Gasteiger partial charge in [0.1, 0.15) is 74.0 Å². The third-order valence-electron chi connectivity index (χ3n) is 12.0. The molecule has 26 nitrogen and oxygen atoms in total. The highest BCUT2D eigenvalue weighted by Crippen LogP contribution is 2.38. The average Bonchev–Trinajstić information content (AvgIpc) is 1.69. The van der Waals surface area contributed by atoms with E-state index in [2.05, 4.69) is 10.3 Å². The fourth-order valence-corrected chi connectivity index (χ4v) is 8.66. The number of primary amides is 1. The minimum Gasteiger partial charge on any atom is -0.463 e. The second-order valence-corrected chi connectivity index (χ2v) is 21.3. The molecule has 2 saturated heterocycles. The standard InChI is InChI=1S/C58H72N4O22/c1-33(63)71-30-41-45(73-27-37-20-14-11-15-21-37)47(74-28-38-22-16-12-17-23-38)49(81-53-50(77-36(4)66)48(82-54(59)68)46(76-35(3)65)42(79-53)31-72-34(2)64)52(78-41)80-44(40-26-62(32-60-40)56(70)84-58(8,9)10)43(61-55(69)83-57(5,6)7)51(67)75-29-39-24-18-13-19-25-39/h11-26,32,41-50,52-53H,27-31H2,1-10H3,(H2,59,68)(H,61,69)/t41-,42+,43-,44-,45+,46+,47-,48-,49-,50-,52-,53+/m0/s1. The van der Waals surface area contributed by atoms with Crippen molar-refractivity contribution in [3.8, 4) is 0 Å². The number of nitrogens with one attached hydrogen (secondary N) is 1. The highest BCUT2D eigenvalue weighted by molar-refractivity contribution is 5.82. The van der Waals surface area contributed by atoms with Crippen LogP contribution in [0.1, 0.15) is 97.7 Å². The largest absolute Gasteiger partial charge is 0.463 e.